The number of hydrogen-bond acceptors (Lipinski definition) is 5. The number of fused-ring (bicyclic) bond motifs is 1. The van der Waals surface area contributed by atoms with E-state index >= 15 is 0 Å². The first-order valence-corrected chi connectivity index (χ1v) is 10.3. The molecular weight excluding hydrogens is 362 g/mol. The summed E-state index contributed by atoms with van der Waals surface area (Å²) < 4.78 is 4.89. The van der Waals surface area contributed by atoms with E-state index in [4.69, 9.17) is 4.74 Å². The van der Waals surface area contributed by atoms with E-state index in [0.29, 0.717) is 19.1 Å². The minimum atomic E-state index is -0.573. The van der Waals surface area contributed by atoms with Crippen molar-refractivity contribution in [3.8, 4) is 0 Å². The lowest BCUT2D eigenvalue weighted by Crippen LogP contribution is -2.54. The zero-order valence-corrected chi connectivity index (χ0v) is 17.1. The van der Waals surface area contributed by atoms with Gasteiger partial charge in [0.05, 0.1) is 6.04 Å². The van der Waals surface area contributed by atoms with Gasteiger partial charge in [-0.25, -0.2) is 4.79 Å². The van der Waals surface area contributed by atoms with Gasteiger partial charge in [0.2, 0.25) is 11.8 Å². The van der Waals surface area contributed by atoms with Crippen LogP contribution in [0.3, 0.4) is 0 Å². The summed E-state index contributed by atoms with van der Waals surface area (Å²) in [7, 11) is 1.46. The Bertz CT molecular complexity index is 595. The predicted molar refractivity (Wildman–Crippen MR) is 104 cm³/mol. The van der Waals surface area contributed by atoms with E-state index < -0.39 is 6.04 Å². The van der Waals surface area contributed by atoms with Gasteiger partial charge in [-0.05, 0) is 33.1 Å². The summed E-state index contributed by atoms with van der Waals surface area (Å²) in [6, 6.07) is -0.261. The van der Waals surface area contributed by atoms with E-state index in [0.717, 1.165) is 25.8 Å². The number of methoxy groups -OCH3 is 1. The molecule has 158 valence electrons. The van der Waals surface area contributed by atoms with Gasteiger partial charge in [0.25, 0.3) is 0 Å². The fourth-order valence-electron chi connectivity index (χ4n) is 4.34. The summed E-state index contributed by atoms with van der Waals surface area (Å²) >= 11 is 0. The van der Waals surface area contributed by atoms with Gasteiger partial charge in [0.15, 0.2) is 0 Å². The molecule has 2 heterocycles. The normalized spacial score (nSPS) is 28.5. The average molecular weight is 396 g/mol. The van der Waals surface area contributed by atoms with Crippen LogP contribution in [0.25, 0.3) is 0 Å². The molecule has 0 bridgehead atoms. The lowest BCUT2D eigenvalue weighted by molar-refractivity contribution is -0.137. The third-order valence-electron chi connectivity index (χ3n) is 5.81. The molecule has 9 nitrogen and oxygen atoms in total. The highest BCUT2D eigenvalue weighted by Crippen LogP contribution is 2.30. The van der Waals surface area contributed by atoms with Crippen LogP contribution in [0.2, 0.25) is 0 Å². The lowest BCUT2D eigenvalue weighted by Gasteiger charge is -2.38. The average Bonchev–Trinajstić information content (AvgIpc) is 2.88. The van der Waals surface area contributed by atoms with Crippen molar-refractivity contribution in [2.75, 3.05) is 33.4 Å². The van der Waals surface area contributed by atoms with Gasteiger partial charge >= 0.3 is 6.03 Å². The van der Waals surface area contributed by atoms with Crippen LogP contribution in [-0.4, -0.2) is 91.2 Å². The van der Waals surface area contributed by atoms with E-state index in [1.54, 1.807) is 0 Å². The second kappa shape index (κ2) is 9.09. The van der Waals surface area contributed by atoms with E-state index in [1.165, 1.54) is 13.5 Å². The van der Waals surface area contributed by atoms with Crippen LogP contribution in [0.1, 0.15) is 39.5 Å². The highest BCUT2D eigenvalue weighted by molar-refractivity contribution is 5.89. The maximum atomic E-state index is 13.2. The molecule has 3 rings (SSSR count). The first kappa shape index (κ1) is 20.9. The monoisotopic (exact) mass is 395 g/mol. The molecule has 0 aromatic heterocycles. The summed E-state index contributed by atoms with van der Waals surface area (Å²) in [5.74, 6) is -0.345. The number of urea groups is 1. The molecule has 1 saturated carbocycles. The molecule has 3 fully saturated rings. The molecule has 3 aliphatic rings. The Kier molecular flexibility index (Phi) is 6.77. The molecule has 0 unspecified atom stereocenters. The maximum absolute atomic E-state index is 13.2. The van der Waals surface area contributed by atoms with Crippen LogP contribution in [0.15, 0.2) is 0 Å². The third-order valence-corrected chi connectivity index (χ3v) is 5.81. The molecule has 0 aromatic rings. The fourth-order valence-corrected chi connectivity index (χ4v) is 4.34. The molecule has 3 atom stereocenters. The lowest BCUT2D eigenvalue weighted by atomic mass is 9.91. The molecule has 28 heavy (non-hydrogen) atoms. The summed E-state index contributed by atoms with van der Waals surface area (Å²) in [6.45, 7) is 5.57. The minimum Gasteiger partial charge on any atom is -0.375 e. The van der Waals surface area contributed by atoms with Gasteiger partial charge in [0, 0.05) is 44.9 Å². The number of nitrogens with one attached hydrogen (secondary N) is 3. The number of amides is 4. The maximum Gasteiger partial charge on any atom is 0.315 e. The van der Waals surface area contributed by atoms with Gasteiger partial charge in [-0.2, -0.15) is 0 Å². The van der Waals surface area contributed by atoms with Crippen molar-refractivity contribution in [2.45, 2.75) is 69.7 Å². The van der Waals surface area contributed by atoms with Gasteiger partial charge < -0.3 is 25.6 Å². The van der Waals surface area contributed by atoms with Crippen LogP contribution >= 0.6 is 0 Å². The highest BCUT2D eigenvalue weighted by Gasteiger charge is 2.44. The van der Waals surface area contributed by atoms with Crippen LogP contribution in [0, 0.1) is 0 Å². The summed E-state index contributed by atoms with van der Waals surface area (Å²) in [6.07, 6.45) is 4.22. The van der Waals surface area contributed by atoms with Crippen LogP contribution in [-0.2, 0) is 14.3 Å². The molecule has 4 amide bonds. The Morgan fingerprint density at radius 1 is 1.14 bits per heavy atom. The number of hydrogen-bond donors (Lipinski definition) is 3. The minimum absolute atomic E-state index is 0.0572. The zero-order valence-electron chi connectivity index (χ0n) is 17.1. The van der Waals surface area contributed by atoms with Crippen molar-refractivity contribution in [1.29, 1.82) is 0 Å². The molecule has 0 aromatic carbocycles. The number of ether oxygens (including phenoxy) is 1. The molecule has 0 radical (unpaired) electrons. The number of rotatable bonds is 6. The first-order valence-electron chi connectivity index (χ1n) is 10.3. The largest absolute Gasteiger partial charge is 0.375 e. The summed E-state index contributed by atoms with van der Waals surface area (Å²) in [4.78, 5) is 41.5. The van der Waals surface area contributed by atoms with E-state index in [9.17, 15) is 14.4 Å². The predicted octanol–water partition coefficient (Wildman–Crippen LogP) is -0.337. The standard InChI is InChI=1S/C19H33N5O4/c1-12(2)20-19(27)21-13-7-15-9-23(14-5-4-6-14)10-16(18(26)24(15)8-13)22-17(25)11-28-3/h12-16H,4-11H2,1-3H3,(H,22,25)(H2,20,21,27)/t13-,15-,16-/m0/s1. The van der Waals surface area contributed by atoms with Gasteiger partial charge in [0.1, 0.15) is 12.6 Å². The molecule has 0 spiro atoms. The Labute approximate surface area is 166 Å². The fraction of sp³-hybridized carbons (Fsp3) is 0.842. The summed E-state index contributed by atoms with van der Waals surface area (Å²) in [5.41, 5.74) is 0. The molecule has 9 heteroatoms. The number of carbonyl (C=O) groups excluding carboxylic acids is 3. The topological polar surface area (TPSA) is 103 Å². The van der Waals surface area contributed by atoms with Crippen LogP contribution in [0.4, 0.5) is 4.79 Å². The zero-order chi connectivity index (χ0) is 20.3. The Balaban J connectivity index is 1.69. The van der Waals surface area contributed by atoms with Gasteiger partial charge in [-0.15, -0.1) is 0 Å². The van der Waals surface area contributed by atoms with Crippen molar-refractivity contribution in [2.24, 2.45) is 0 Å². The van der Waals surface area contributed by atoms with Gasteiger partial charge in [-0.1, -0.05) is 6.42 Å². The Morgan fingerprint density at radius 2 is 1.89 bits per heavy atom. The van der Waals surface area contributed by atoms with E-state index in [1.807, 2.05) is 18.7 Å². The van der Waals surface area contributed by atoms with Crippen molar-refractivity contribution >= 4 is 17.8 Å². The first-order chi connectivity index (χ1) is 13.4. The second-order valence-corrected chi connectivity index (χ2v) is 8.44. The van der Waals surface area contributed by atoms with Crippen LogP contribution < -0.4 is 16.0 Å². The molecular formula is C19H33N5O4. The third kappa shape index (κ3) is 4.94. The SMILES string of the molecule is COCC(=O)N[C@H]1CN(C2CCC2)C[C@@H]2C[C@H](NC(=O)NC(C)C)CN2C1=O. The van der Waals surface area contributed by atoms with Crippen LogP contribution in [0.5, 0.6) is 0 Å². The number of carbonyl (C=O) groups is 3. The number of nitrogens with zero attached hydrogens (tertiary/aromatic N) is 2. The molecule has 2 saturated heterocycles. The molecule has 3 N–H and O–H groups in total. The highest BCUT2D eigenvalue weighted by atomic mass is 16.5. The molecule has 2 aliphatic heterocycles. The van der Waals surface area contributed by atoms with E-state index in [-0.39, 0.29) is 42.6 Å². The van der Waals surface area contributed by atoms with Crippen molar-refractivity contribution in [3.63, 3.8) is 0 Å². The van der Waals surface area contributed by atoms with Crippen molar-refractivity contribution in [3.05, 3.63) is 0 Å². The van der Waals surface area contributed by atoms with Crippen molar-refractivity contribution in [1.82, 2.24) is 25.8 Å². The Morgan fingerprint density at radius 3 is 2.50 bits per heavy atom. The van der Waals surface area contributed by atoms with E-state index in [2.05, 4.69) is 20.9 Å². The molecule has 1 aliphatic carbocycles. The Hall–Kier alpha value is -1.87. The smallest absolute Gasteiger partial charge is 0.315 e. The van der Waals surface area contributed by atoms with Crippen molar-refractivity contribution < 1.29 is 19.1 Å². The quantitative estimate of drug-likeness (QED) is 0.571. The second-order valence-electron chi connectivity index (χ2n) is 8.44. The van der Waals surface area contributed by atoms with Gasteiger partial charge in [-0.3, -0.25) is 14.5 Å². The summed E-state index contributed by atoms with van der Waals surface area (Å²) in [5, 5.41) is 8.66.